The first-order chi connectivity index (χ1) is 7.42. The maximum absolute atomic E-state index is 12.0. The van der Waals surface area contributed by atoms with Gasteiger partial charge in [-0.2, -0.15) is 18.4 Å². The van der Waals surface area contributed by atoms with Crippen molar-refractivity contribution in [1.29, 1.82) is 5.26 Å². The summed E-state index contributed by atoms with van der Waals surface area (Å²) in [5.74, 6) is -0.737. The summed E-state index contributed by atoms with van der Waals surface area (Å²) in [5, 5.41) is 9.29. The highest BCUT2D eigenvalue weighted by Crippen LogP contribution is 2.29. The minimum Gasteiger partial charge on any atom is -0.198 e. The van der Waals surface area contributed by atoms with E-state index in [1.807, 2.05) is 6.07 Å². The maximum atomic E-state index is 12.0. The Morgan fingerprint density at radius 2 is 1.81 bits per heavy atom. The standard InChI is InChI=1S/C11H9ClF3N/c12-10-3-1-8(2-4-10)9(7-16)5-6-11(13,14)15/h1-4,9H,5-6H2/t9-/m1/s1. The Labute approximate surface area is 96.4 Å². The van der Waals surface area contributed by atoms with Crippen LogP contribution in [0.25, 0.3) is 0 Å². The molecule has 0 aliphatic carbocycles. The molecular formula is C11H9ClF3N. The van der Waals surface area contributed by atoms with Crippen molar-refractivity contribution < 1.29 is 13.2 Å². The number of hydrogen-bond donors (Lipinski definition) is 0. The number of halogens is 4. The smallest absolute Gasteiger partial charge is 0.198 e. The van der Waals surface area contributed by atoms with Crippen LogP contribution in [0.4, 0.5) is 13.2 Å². The third kappa shape index (κ3) is 4.11. The summed E-state index contributed by atoms with van der Waals surface area (Å²) >= 11 is 5.65. The molecule has 16 heavy (non-hydrogen) atoms. The number of nitriles is 1. The highest BCUT2D eigenvalue weighted by Gasteiger charge is 2.28. The second-order valence-electron chi connectivity index (χ2n) is 3.39. The fraction of sp³-hybridized carbons (Fsp3) is 0.364. The van der Waals surface area contributed by atoms with E-state index in [4.69, 9.17) is 16.9 Å². The fourth-order valence-corrected chi connectivity index (χ4v) is 1.43. The third-order valence-electron chi connectivity index (χ3n) is 2.14. The van der Waals surface area contributed by atoms with Crippen LogP contribution in [0.5, 0.6) is 0 Å². The van der Waals surface area contributed by atoms with Crippen molar-refractivity contribution in [2.75, 3.05) is 0 Å². The molecule has 0 aliphatic heterocycles. The Morgan fingerprint density at radius 1 is 1.25 bits per heavy atom. The van der Waals surface area contributed by atoms with Crippen LogP contribution in [0.15, 0.2) is 24.3 Å². The van der Waals surface area contributed by atoms with Gasteiger partial charge in [0.25, 0.3) is 0 Å². The molecule has 0 N–H and O–H groups in total. The molecule has 0 radical (unpaired) electrons. The van der Waals surface area contributed by atoms with Crippen molar-refractivity contribution in [1.82, 2.24) is 0 Å². The van der Waals surface area contributed by atoms with E-state index in [0.29, 0.717) is 10.6 Å². The van der Waals surface area contributed by atoms with Crippen LogP contribution in [0.2, 0.25) is 5.02 Å². The van der Waals surface area contributed by atoms with Crippen molar-refractivity contribution in [2.24, 2.45) is 0 Å². The lowest BCUT2D eigenvalue weighted by Gasteiger charge is -2.11. The van der Waals surface area contributed by atoms with Gasteiger partial charge in [-0.25, -0.2) is 0 Å². The van der Waals surface area contributed by atoms with Gasteiger partial charge in [0.15, 0.2) is 0 Å². The lowest BCUT2D eigenvalue weighted by atomic mass is 9.96. The molecule has 1 rings (SSSR count). The van der Waals surface area contributed by atoms with Gasteiger partial charge < -0.3 is 0 Å². The average molecular weight is 248 g/mol. The average Bonchev–Trinajstić information content (AvgIpc) is 2.20. The van der Waals surface area contributed by atoms with Crippen LogP contribution in [-0.2, 0) is 0 Å². The van der Waals surface area contributed by atoms with Crippen molar-refractivity contribution in [3.05, 3.63) is 34.9 Å². The molecule has 0 aliphatic rings. The predicted octanol–water partition coefficient (Wildman–Crippen LogP) is 4.29. The van der Waals surface area contributed by atoms with E-state index < -0.39 is 18.5 Å². The highest BCUT2D eigenvalue weighted by atomic mass is 35.5. The largest absolute Gasteiger partial charge is 0.389 e. The van der Waals surface area contributed by atoms with Crippen LogP contribution in [0.3, 0.4) is 0 Å². The van der Waals surface area contributed by atoms with E-state index in [1.165, 1.54) is 0 Å². The lowest BCUT2D eigenvalue weighted by molar-refractivity contribution is -0.135. The minimum absolute atomic E-state index is 0.221. The van der Waals surface area contributed by atoms with Crippen molar-refractivity contribution in [3.8, 4) is 6.07 Å². The van der Waals surface area contributed by atoms with Crippen molar-refractivity contribution >= 4 is 11.6 Å². The second kappa shape index (κ2) is 5.22. The topological polar surface area (TPSA) is 23.8 Å². The first kappa shape index (κ1) is 12.9. The van der Waals surface area contributed by atoms with Gasteiger partial charge in [0.2, 0.25) is 0 Å². The minimum atomic E-state index is -4.22. The van der Waals surface area contributed by atoms with Crippen LogP contribution in [0.1, 0.15) is 24.3 Å². The molecule has 1 atom stereocenters. The van der Waals surface area contributed by atoms with Gasteiger partial charge in [-0.1, -0.05) is 23.7 Å². The molecule has 0 heterocycles. The van der Waals surface area contributed by atoms with Gasteiger partial charge in [-0.3, -0.25) is 0 Å². The molecule has 0 aromatic heterocycles. The molecule has 86 valence electrons. The highest BCUT2D eigenvalue weighted by molar-refractivity contribution is 6.30. The van der Waals surface area contributed by atoms with Crippen molar-refractivity contribution in [2.45, 2.75) is 24.9 Å². The van der Waals surface area contributed by atoms with Crippen LogP contribution in [0, 0.1) is 11.3 Å². The molecule has 1 aromatic carbocycles. The molecule has 5 heteroatoms. The second-order valence-corrected chi connectivity index (χ2v) is 3.82. The van der Waals surface area contributed by atoms with Crippen LogP contribution < -0.4 is 0 Å². The summed E-state index contributed by atoms with van der Waals surface area (Å²) in [5.41, 5.74) is 0.566. The summed E-state index contributed by atoms with van der Waals surface area (Å²) in [4.78, 5) is 0. The molecule has 1 nitrogen and oxygen atoms in total. The Balaban J connectivity index is 2.69. The van der Waals surface area contributed by atoms with Gasteiger partial charge in [0.05, 0.1) is 12.0 Å². The lowest BCUT2D eigenvalue weighted by Crippen LogP contribution is -2.09. The third-order valence-corrected chi connectivity index (χ3v) is 2.40. The normalized spacial score (nSPS) is 13.2. The fourth-order valence-electron chi connectivity index (χ4n) is 1.31. The van der Waals surface area contributed by atoms with Gasteiger partial charge in [-0.05, 0) is 24.1 Å². The Kier molecular flexibility index (Phi) is 4.19. The molecule has 0 saturated heterocycles. The molecular weight excluding hydrogens is 239 g/mol. The summed E-state index contributed by atoms with van der Waals surface area (Å²) in [6, 6.07) is 8.15. The van der Waals surface area contributed by atoms with Crippen molar-refractivity contribution in [3.63, 3.8) is 0 Å². The summed E-state index contributed by atoms with van der Waals surface area (Å²) < 4.78 is 36.0. The zero-order chi connectivity index (χ0) is 12.2. The number of alkyl halides is 3. The molecule has 0 fully saturated rings. The van der Waals surface area contributed by atoms with E-state index >= 15 is 0 Å². The quantitative estimate of drug-likeness (QED) is 0.782. The number of hydrogen-bond acceptors (Lipinski definition) is 1. The number of nitrogens with zero attached hydrogens (tertiary/aromatic N) is 1. The van der Waals surface area contributed by atoms with Crippen LogP contribution >= 0.6 is 11.6 Å². The molecule has 0 unspecified atom stereocenters. The molecule has 0 spiro atoms. The maximum Gasteiger partial charge on any atom is 0.389 e. The molecule has 0 amide bonds. The monoisotopic (exact) mass is 247 g/mol. The number of benzene rings is 1. The zero-order valence-electron chi connectivity index (χ0n) is 8.26. The Hall–Kier alpha value is -1.21. The van der Waals surface area contributed by atoms with E-state index in [0.717, 1.165) is 0 Å². The summed E-state index contributed by atoms with van der Waals surface area (Å²) in [6.45, 7) is 0. The van der Waals surface area contributed by atoms with E-state index in [9.17, 15) is 13.2 Å². The van der Waals surface area contributed by atoms with E-state index in [1.54, 1.807) is 24.3 Å². The predicted molar refractivity (Wildman–Crippen MR) is 55.1 cm³/mol. The van der Waals surface area contributed by atoms with E-state index in [2.05, 4.69) is 0 Å². The SMILES string of the molecule is N#C[C@@H](CCC(F)(F)F)c1ccc(Cl)cc1. The van der Waals surface area contributed by atoms with E-state index in [-0.39, 0.29) is 6.42 Å². The van der Waals surface area contributed by atoms with Gasteiger partial charge in [0, 0.05) is 11.4 Å². The van der Waals surface area contributed by atoms with Gasteiger partial charge in [0.1, 0.15) is 0 Å². The molecule has 0 saturated carbocycles. The molecule has 0 bridgehead atoms. The summed E-state index contributed by atoms with van der Waals surface area (Å²) in [7, 11) is 0. The van der Waals surface area contributed by atoms with Gasteiger partial charge in [-0.15, -0.1) is 0 Å². The summed E-state index contributed by atoms with van der Waals surface area (Å²) in [6.07, 6.45) is -5.39. The van der Waals surface area contributed by atoms with Crippen LogP contribution in [-0.4, -0.2) is 6.18 Å². The zero-order valence-corrected chi connectivity index (χ0v) is 9.02. The van der Waals surface area contributed by atoms with Gasteiger partial charge >= 0.3 is 6.18 Å². The Bertz CT molecular complexity index is 378. The first-order valence-corrected chi connectivity index (χ1v) is 5.02. The number of rotatable bonds is 3. The molecule has 1 aromatic rings. The first-order valence-electron chi connectivity index (χ1n) is 4.64. The Morgan fingerprint density at radius 3 is 2.25 bits per heavy atom.